The van der Waals surface area contributed by atoms with E-state index in [9.17, 15) is 26.4 Å². The molecule has 0 radical (unpaired) electrons. The summed E-state index contributed by atoms with van der Waals surface area (Å²) in [6.45, 7) is 5.62. The molecule has 1 aromatic rings. The van der Waals surface area contributed by atoms with Gasteiger partial charge in [-0.15, -0.1) is 0 Å². The molecule has 0 aromatic heterocycles. The van der Waals surface area contributed by atoms with E-state index in [1.807, 2.05) is 13.8 Å². The van der Waals surface area contributed by atoms with E-state index >= 15 is 0 Å². The van der Waals surface area contributed by atoms with Crippen molar-refractivity contribution in [3.63, 3.8) is 0 Å². The summed E-state index contributed by atoms with van der Waals surface area (Å²) in [7, 11) is -5.75. The molecule has 154 valence electrons. The minimum absolute atomic E-state index is 0.0329. The lowest BCUT2D eigenvalue weighted by atomic mass is 9.58. The Kier molecular flexibility index (Phi) is 4.36. The molecule has 28 heavy (non-hydrogen) atoms. The summed E-state index contributed by atoms with van der Waals surface area (Å²) in [5.41, 5.74) is -4.92. The predicted molar refractivity (Wildman–Crippen MR) is 95.6 cm³/mol. The molecule has 2 fully saturated rings. The predicted octanol–water partition coefficient (Wildman–Crippen LogP) is 3.49. The normalized spacial score (nSPS) is 30.8. The number of ketones is 1. The Morgan fingerprint density at radius 3 is 2.57 bits per heavy atom. The molecule has 1 aromatic carbocycles. The van der Waals surface area contributed by atoms with Crippen LogP contribution >= 0.6 is 0 Å². The second-order valence-electron chi connectivity index (χ2n) is 8.39. The summed E-state index contributed by atoms with van der Waals surface area (Å²) in [4.78, 5) is 15.4. The Balaban J connectivity index is 1.71. The van der Waals surface area contributed by atoms with Crippen LogP contribution in [0.3, 0.4) is 0 Å². The van der Waals surface area contributed by atoms with E-state index < -0.39 is 26.8 Å². The van der Waals surface area contributed by atoms with E-state index in [1.165, 1.54) is 25.0 Å². The van der Waals surface area contributed by atoms with Crippen LogP contribution in [0.25, 0.3) is 0 Å². The smallest absolute Gasteiger partial charge is 0.376 e. The van der Waals surface area contributed by atoms with E-state index in [1.54, 1.807) is 0 Å². The zero-order valence-electron chi connectivity index (χ0n) is 15.6. The van der Waals surface area contributed by atoms with Gasteiger partial charge in [-0.2, -0.15) is 21.6 Å². The number of hydrogen-bond acceptors (Lipinski definition) is 5. The molecule has 2 bridgehead atoms. The number of fused-ring (bicyclic) bond motifs is 4. The van der Waals surface area contributed by atoms with Gasteiger partial charge in [0.1, 0.15) is 5.75 Å². The van der Waals surface area contributed by atoms with Gasteiger partial charge in [-0.1, -0.05) is 13.8 Å². The van der Waals surface area contributed by atoms with Crippen LogP contribution in [0, 0.1) is 11.8 Å². The van der Waals surface area contributed by atoms with Gasteiger partial charge in [0.15, 0.2) is 5.78 Å². The number of rotatable bonds is 4. The first kappa shape index (κ1) is 19.7. The molecule has 3 atom stereocenters. The third-order valence-electron chi connectivity index (χ3n) is 6.61. The first-order chi connectivity index (χ1) is 12.9. The van der Waals surface area contributed by atoms with Crippen molar-refractivity contribution in [1.82, 2.24) is 4.90 Å². The van der Waals surface area contributed by atoms with Crippen LogP contribution in [-0.4, -0.2) is 43.7 Å². The maximum Gasteiger partial charge on any atom is 0.534 e. The second kappa shape index (κ2) is 6.19. The Morgan fingerprint density at radius 1 is 1.29 bits per heavy atom. The molecule has 1 unspecified atom stereocenters. The number of alkyl halides is 3. The summed E-state index contributed by atoms with van der Waals surface area (Å²) in [6, 6.07) is 3.56. The quantitative estimate of drug-likeness (QED) is 0.554. The Labute approximate surface area is 162 Å². The molecule has 0 amide bonds. The van der Waals surface area contributed by atoms with Crippen molar-refractivity contribution in [1.29, 1.82) is 0 Å². The number of halogens is 3. The van der Waals surface area contributed by atoms with Gasteiger partial charge >= 0.3 is 15.6 Å². The van der Waals surface area contributed by atoms with E-state index in [0.29, 0.717) is 17.0 Å². The molecule has 1 heterocycles. The van der Waals surface area contributed by atoms with Crippen LogP contribution in [-0.2, 0) is 15.5 Å². The standard InChI is InChI=1S/C19H22F3NO4S/c1-11-16-17(24)14-6-5-13(27-28(25,26)19(20,21)22)9-15(14)18(11,2)7-8-23(16)10-12-3-4-12/h5-6,9,11-12,16H,3-4,7-8,10H2,1-2H3/t11-,16?,18+/m0/s1. The average molecular weight is 417 g/mol. The van der Waals surface area contributed by atoms with Crippen LogP contribution in [0.15, 0.2) is 18.2 Å². The zero-order chi connectivity index (χ0) is 20.5. The van der Waals surface area contributed by atoms with Gasteiger partial charge in [-0.05, 0) is 66.8 Å². The fourth-order valence-corrected chi connectivity index (χ4v) is 5.06. The number of likely N-dealkylation sites (tertiary alicyclic amines) is 1. The first-order valence-electron chi connectivity index (χ1n) is 9.37. The molecule has 3 aliphatic rings. The van der Waals surface area contributed by atoms with Crippen molar-refractivity contribution in [2.75, 3.05) is 13.1 Å². The maximum absolute atomic E-state index is 13.2. The molecule has 4 rings (SSSR count). The minimum Gasteiger partial charge on any atom is -0.376 e. The number of nitrogens with zero attached hydrogens (tertiary/aromatic N) is 1. The Hall–Kier alpha value is -1.61. The van der Waals surface area contributed by atoms with Crippen molar-refractivity contribution >= 4 is 15.9 Å². The number of carbonyl (C=O) groups is 1. The number of benzene rings is 1. The molecule has 1 aliphatic heterocycles. The fourth-order valence-electron chi connectivity index (χ4n) is 4.61. The highest BCUT2D eigenvalue weighted by atomic mass is 32.2. The SMILES string of the molecule is C[C@H]1C2C(=O)c3ccc(OS(=O)(=O)C(F)(F)F)cc3[C@]1(C)CCN2CC1CC1. The summed E-state index contributed by atoms with van der Waals surface area (Å²) in [6.07, 6.45) is 3.12. The Bertz CT molecular complexity index is 926. The largest absolute Gasteiger partial charge is 0.534 e. The van der Waals surface area contributed by atoms with E-state index in [0.717, 1.165) is 25.6 Å². The lowest BCUT2D eigenvalue weighted by Crippen LogP contribution is -2.61. The van der Waals surface area contributed by atoms with E-state index in [4.69, 9.17) is 0 Å². The summed E-state index contributed by atoms with van der Waals surface area (Å²) < 4.78 is 64.9. The minimum atomic E-state index is -5.75. The van der Waals surface area contributed by atoms with Crippen molar-refractivity contribution in [3.05, 3.63) is 29.3 Å². The van der Waals surface area contributed by atoms with Crippen LogP contribution in [0.4, 0.5) is 13.2 Å². The summed E-state index contributed by atoms with van der Waals surface area (Å²) in [5.74, 6) is 0.144. The molecular formula is C19H22F3NO4S. The fraction of sp³-hybridized carbons (Fsp3) is 0.632. The van der Waals surface area contributed by atoms with Gasteiger partial charge < -0.3 is 4.18 Å². The molecule has 0 spiro atoms. The highest BCUT2D eigenvalue weighted by Gasteiger charge is 2.53. The highest BCUT2D eigenvalue weighted by Crippen LogP contribution is 2.50. The number of Topliss-reactive ketones (excluding diaryl/α,β-unsaturated/α-hetero) is 1. The lowest BCUT2D eigenvalue weighted by molar-refractivity contribution is -0.0500. The zero-order valence-corrected chi connectivity index (χ0v) is 16.4. The monoisotopic (exact) mass is 417 g/mol. The molecular weight excluding hydrogens is 395 g/mol. The van der Waals surface area contributed by atoms with Crippen molar-refractivity contribution in [2.45, 2.75) is 50.1 Å². The van der Waals surface area contributed by atoms with E-state index in [2.05, 4.69) is 9.08 Å². The van der Waals surface area contributed by atoms with Gasteiger partial charge in [0.25, 0.3) is 0 Å². The molecule has 9 heteroatoms. The third kappa shape index (κ3) is 3.03. The van der Waals surface area contributed by atoms with Crippen LogP contribution < -0.4 is 4.18 Å². The first-order valence-corrected chi connectivity index (χ1v) is 10.8. The van der Waals surface area contributed by atoms with Crippen molar-refractivity contribution in [2.24, 2.45) is 11.8 Å². The van der Waals surface area contributed by atoms with Gasteiger partial charge in [-0.3, -0.25) is 9.69 Å². The molecule has 2 aliphatic carbocycles. The number of piperidine rings is 1. The highest BCUT2D eigenvalue weighted by molar-refractivity contribution is 7.88. The summed E-state index contributed by atoms with van der Waals surface area (Å²) in [5, 5.41) is 0. The van der Waals surface area contributed by atoms with Crippen molar-refractivity contribution in [3.8, 4) is 5.75 Å². The lowest BCUT2D eigenvalue weighted by Gasteiger charge is -2.53. The van der Waals surface area contributed by atoms with Crippen LogP contribution in [0.2, 0.25) is 0 Å². The van der Waals surface area contributed by atoms with Crippen molar-refractivity contribution < 1.29 is 30.6 Å². The molecule has 5 nitrogen and oxygen atoms in total. The van der Waals surface area contributed by atoms with Gasteiger partial charge in [0, 0.05) is 12.1 Å². The molecule has 1 saturated carbocycles. The average Bonchev–Trinajstić information content (AvgIpc) is 3.40. The van der Waals surface area contributed by atoms with Crippen LogP contribution in [0.1, 0.15) is 49.0 Å². The topological polar surface area (TPSA) is 63.7 Å². The maximum atomic E-state index is 13.2. The van der Waals surface area contributed by atoms with Gasteiger partial charge in [-0.25, -0.2) is 0 Å². The number of carbonyl (C=O) groups excluding carboxylic acids is 1. The van der Waals surface area contributed by atoms with Gasteiger partial charge in [0.2, 0.25) is 0 Å². The number of hydrogen-bond donors (Lipinski definition) is 0. The second-order valence-corrected chi connectivity index (χ2v) is 9.93. The van der Waals surface area contributed by atoms with Crippen LogP contribution in [0.5, 0.6) is 5.75 Å². The van der Waals surface area contributed by atoms with E-state index in [-0.39, 0.29) is 17.7 Å². The summed E-state index contributed by atoms with van der Waals surface area (Å²) >= 11 is 0. The Morgan fingerprint density at radius 2 is 1.96 bits per heavy atom. The van der Waals surface area contributed by atoms with Gasteiger partial charge in [0.05, 0.1) is 6.04 Å². The third-order valence-corrected chi connectivity index (χ3v) is 7.59. The molecule has 1 saturated heterocycles. The molecule has 0 N–H and O–H groups in total.